The first-order chi connectivity index (χ1) is 12.3. The highest BCUT2D eigenvalue weighted by atomic mass is 35.5. The maximum atomic E-state index is 6.21. The molecule has 0 saturated carbocycles. The number of hydrogen-bond donors (Lipinski definition) is 0. The van der Waals surface area contributed by atoms with Crippen LogP contribution >= 0.6 is 11.6 Å². The molecule has 4 rings (SSSR count). The summed E-state index contributed by atoms with van der Waals surface area (Å²) in [6, 6.07) is 8.15. The zero-order valence-corrected chi connectivity index (χ0v) is 15.1. The average molecular weight is 360 g/mol. The van der Waals surface area contributed by atoms with E-state index in [0.717, 1.165) is 36.8 Å². The van der Waals surface area contributed by atoms with Gasteiger partial charge in [-0.15, -0.1) is 5.10 Å². The molecule has 3 aromatic rings. The third-order valence-electron chi connectivity index (χ3n) is 4.92. The van der Waals surface area contributed by atoms with Crippen molar-refractivity contribution in [1.29, 1.82) is 0 Å². The molecular weight excluding hydrogens is 338 g/mol. The van der Waals surface area contributed by atoms with Crippen LogP contribution < -0.4 is 0 Å². The lowest BCUT2D eigenvalue weighted by Crippen LogP contribution is -2.33. The summed E-state index contributed by atoms with van der Waals surface area (Å²) in [5.74, 6) is 1.04. The highest BCUT2D eigenvalue weighted by Gasteiger charge is 2.25. The van der Waals surface area contributed by atoms with Gasteiger partial charge in [-0.1, -0.05) is 42.2 Å². The SMILES string of the molecule is CCCCN1CCC(c2nnc(-n3nc(Cl)c4ccccc43)o2)CC1. The standard InChI is InChI=1S/C18H22ClN5O/c1-2-3-10-23-11-8-13(9-12-23)17-20-21-18(25-17)24-15-7-5-4-6-14(15)16(19)22-24/h4-7,13H,2-3,8-12H2,1H3. The van der Waals surface area contributed by atoms with Gasteiger partial charge in [0.25, 0.3) is 0 Å². The van der Waals surface area contributed by atoms with Gasteiger partial charge in [-0.25, -0.2) is 0 Å². The zero-order chi connectivity index (χ0) is 17.2. The lowest BCUT2D eigenvalue weighted by molar-refractivity contribution is 0.197. The molecule has 1 aromatic carbocycles. The Balaban J connectivity index is 1.51. The van der Waals surface area contributed by atoms with E-state index in [0.29, 0.717) is 23.0 Å². The van der Waals surface area contributed by atoms with Crippen LogP contribution in [0, 0.1) is 0 Å². The number of fused-ring (bicyclic) bond motifs is 1. The van der Waals surface area contributed by atoms with Crippen LogP contribution in [0.5, 0.6) is 0 Å². The van der Waals surface area contributed by atoms with Crippen molar-refractivity contribution in [2.24, 2.45) is 0 Å². The molecule has 2 aromatic heterocycles. The van der Waals surface area contributed by atoms with E-state index >= 15 is 0 Å². The van der Waals surface area contributed by atoms with Crippen molar-refractivity contribution in [3.05, 3.63) is 35.3 Å². The van der Waals surface area contributed by atoms with Gasteiger partial charge in [0.1, 0.15) is 0 Å². The van der Waals surface area contributed by atoms with Gasteiger partial charge in [0.15, 0.2) is 5.15 Å². The molecule has 0 N–H and O–H groups in total. The van der Waals surface area contributed by atoms with Crippen molar-refractivity contribution in [3.63, 3.8) is 0 Å². The van der Waals surface area contributed by atoms with Crippen LogP contribution in [0.3, 0.4) is 0 Å². The maximum absolute atomic E-state index is 6.21. The van der Waals surface area contributed by atoms with Crippen LogP contribution in [-0.2, 0) is 0 Å². The van der Waals surface area contributed by atoms with Crippen LogP contribution in [-0.4, -0.2) is 44.5 Å². The molecule has 0 radical (unpaired) electrons. The number of benzene rings is 1. The van der Waals surface area contributed by atoms with Crippen molar-refractivity contribution in [1.82, 2.24) is 24.9 Å². The van der Waals surface area contributed by atoms with Crippen molar-refractivity contribution >= 4 is 22.5 Å². The van der Waals surface area contributed by atoms with E-state index in [1.165, 1.54) is 19.4 Å². The fraction of sp³-hybridized carbons (Fsp3) is 0.500. The summed E-state index contributed by atoms with van der Waals surface area (Å²) >= 11 is 6.21. The van der Waals surface area contributed by atoms with Gasteiger partial charge in [-0.3, -0.25) is 0 Å². The van der Waals surface area contributed by atoms with Crippen LogP contribution in [0.25, 0.3) is 16.9 Å². The molecule has 0 amide bonds. The quantitative estimate of drug-likeness (QED) is 0.688. The van der Waals surface area contributed by atoms with Gasteiger partial charge in [0.2, 0.25) is 5.89 Å². The molecule has 25 heavy (non-hydrogen) atoms. The fourth-order valence-corrected chi connectivity index (χ4v) is 3.67. The van der Waals surface area contributed by atoms with Crippen molar-refractivity contribution in [2.45, 2.75) is 38.5 Å². The maximum Gasteiger partial charge on any atom is 0.344 e. The number of nitrogens with zero attached hydrogens (tertiary/aromatic N) is 5. The van der Waals surface area contributed by atoms with Gasteiger partial charge < -0.3 is 9.32 Å². The van der Waals surface area contributed by atoms with Crippen LogP contribution in [0.1, 0.15) is 44.4 Å². The average Bonchev–Trinajstić information content (AvgIpc) is 3.26. The largest absolute Gasteiger partial charge is 0.406 e. The molecular formula is C18H22ClN5O. The minimum absolute atomic E-state index is 0.330. The molecule has 132 valence electrons. The summed E-state index contributed by atoms with van der Waals surface area (Å²) in [5, 5.41) is 14.2. The van der Waals surface area contributed by atoms with Gasteiger partial charge >= 0.3 is 6.01 Å². The molecule has 1 aliphatic heterocycles. The second-order valence-electron chi connectivity index (χ2n) is 6.61. The fourth-order valence-electron chi connectivity index (χ4n) is 3.44. The van der Waals surface area contributed by atoms with E-state index in [-0.39, 0.29) is 0 Å². The lowest BCUT2D eigenvalue weighted by Gasteiger charge is -2.30. The molecule has 0 atom stereocenters. The van der Waals surface area contributed by atoms with Crippen LogP contribution in [0.4, 0.5) is 0 Å². The molecule has 0 unspecified atom stereocenters. The van der Waals surface area contributed by atoms with Gasteiger partial charge in [0.05, 0.1) is 5.52 Å². The number of likely N-dealkylation sites (tertiary alicyclic amines) is 1. The summed E-state index contributed by atoms with van der Waals surface area (Å²) in [7, 11) is 0. The zero-order valence-electron chi connectivity index (χ0n) is 14.4. The Labute approximate surface area is 151 Å². The number of para-hydroxylation sites is 1. The van der Waals surface area contributed by atoms with Gasteiger partial charge in [-0.05, 0) is 51.0 Å². The predicted molar refractivity (Wildman–Crippen MR) is 97.3 cm³/mol. The summed E-state index contributed by atoms with van der Waals surface area (Å²) in [4.78, 5) is 2.53. The molecule has 0 spiro atoms. The van der Waals surface area contributed by atoms with Crippen molar-refractivity contribution in [2.75, 3.05) is 19.6 Å². The number of unbranched alkanes of at least 4 members (excludes halogenated alkanes) is 1. The third kappa shape index (κ3) is 3.28. The second kappa shape index (κ2) is 7.14. The Kier molecular flexibility index (Phi) is 4.72. The number of rotatable bonds is 5. The summed E-state index contributed by atoms with van der Waals surface area (Å²) in [5.41, 5.74) is 0.872. The molecule has 1 fully saturated rings. The van der Waals surface area contributed by atoms with Crippen LogP contribution in [0.2, 0.25) is 5.15 Å². The van der Waals surface area contributed by atoms with Gasteiger partial charge in [-0.2, -0.15) is 9.78 Å². The Morgan fingerprint density at radius 3 is 2.80 bits per heavy atom. The molecule has 1 saturated heterocycles. The Hall–Kier alpha value is -1.92. The number of piperidine rings is 1. The monoisotopic (exact) mass is 359 g/mol. The van der Waals surface area contributed by atoms with Crippen molar-refractivity contribution in [3.8, 4) is 6.01 Å². The Bertz CT molecular complexity index is 850. The van der Waals surface area contributed by atoms with Gasteiger partial charge in [0, 0.05) is 11.3 Å². The predicted octanol–water partition coefficient (Wildman–Crippen LogP) is 4.04. The molecule has 6 nitrogen and oxygen atoms in total. The number of aromatic nitrogens is 4. The summed E-state index contributed by atoms with van der Waals surface area (Å²) in [6.07, 6.45) is 4.63. The van der Waals surface area contributed by atoms with E-state index in [2.05, 4.69) is 27.1 Å². The number of halogens is 1. The van der Waals surface area contributed by atoms with E-state index in [9.17, 15) is 0 Å². The normalized spacial score (nSPS) is 16.7. The third-order valence-corrected chi connectivity index (χ3v) is 5.20. The van der Waals surface area contributed by atoms with E-state index in [1.54, 1.807) is 4.68 Å². The van der Waals surface area contributed by atoms with E-state index in [4.69, 9.17) is 16.0 Å². The Morgan fingerprint density at radius 1 is 1.20 bits per heavy atom. The van der Waals surface area contributed by atoms with Crippen LogP contribution in [0.15, 0.2) is 28.7 Å². The first-order valence-corrected chi connectivity index (χ1v) is 9.33. The Morgan fingerprint density at radius 2 is 2.00 bits per heavy atom. The highest BCUT2D eigenvalue weighted by Crippen LogP contribution is 2.29. The minimum atomic E-state index is 0.330. The summed E-state index contributed by atoms with van der Waals surface area (Å²) in [6.45, 7) is 5.62. The smallest absolute Gasteiger partial charge is 0.344 e. The van der Waals surface area contributed by atoms with E-state index in [1.807, 2.05) is 24.3 Å². The highest BCUT2D eigenvalue weighted by molar-refractivity contribution is 6.34. The molecule has 7 heteroatoms. The molecule has 0 bridgehead atoms. The minimum Gasteiger partial charge on any atom is -0.406 e. The second-order valence-corrected chi connectivity index (χ2v) is 6.97. The molecule has 3 heterocycles. The topological polar surface area (TPSA) is 60.0 Å². The first-order valence-electron chi connectivity index (χ1n) is 8.95. The van der Waals surface area contributed by atoms with E-state index < -0.39 is 0 Å². The molecule has 0 aliphatic carbocycles. The van der Waals surface area contributed by atoms with Crippen molar-refractivity contribution < 1.29 is 4.42 Å². The molecule has 1 aliphatic rings. The lowest BCUT2D eigenvalue weighted by atomic mass is 9.97. The summed E-state index contributed by atoms with van der Waals surface area (Å²) < 4.78 is 7.58. The number of hydrogen-bond acceptors (Lipinski definition) is 5. The first kappa shape index (κ1) is 16.5.